The third-order valence-electron chi connectivity index (χ3n) is 2.03. The smallest absolute Gasteiger partial charge is 0.243 e. The summed E-state index contributed by atoms with van der Waals surface area (Å²) in [5.74, 6) is 0.663. The van der Waals surface area contributed by atoms with Crippen molar-refractivity contribution in [2.75, 3.05) is 26.7 Å². The fourth-order valence-corrected chi connectivity index (χ4v) is 1.44. The topological polar surface area (TPSA) is 63.2 Å². The van der Waals surface area contributed by atoms with E-state index >= 15 is 0 Å². The van der Waals surface area contributed by atoms with Gasteiger partial charge < -0.3 is 15.4 Å². The molecular formula is C12H16IN3O2. The van der Waals surface area contributed by atoms with E-state index in [9.17, 15) is 4.79 Å². The lowest BCUT2D eigenvalue weighted by Crippen LogP contribution is -2.21. The molecule has 0 saturated heterocycles. The van der Waals surface area contributed by atoms with Gasteiger partial charge in [0.15, 0.2) is 0 Å². The number of hydrogen-bond acceptors (Lipinski definition) is 4. The lowest BCUT2D eigenvalue weighted by Gasteiger charge is -2.05. The Bertz CT molecular complexity index is 393. The van der Waals surface area contributed by atoms with Crippen LogP contribution in [0.15, 0.2) is 30.5 Å². The summed E-state index contributed by atoms with van der Waals surface area (Å²) in [5, 5.41) is 5.64. The van der Waals surface area contributed by atoms with Gasteiger partial charge in [0.1, 0.15) is 16.1 Å². The van der Waals surface area contributed by atoms with Crippen LogP contribution in [0.5, 0.6) is 5.75 Å². The number of aromatic nitrogens is 1. The van der Waals surface area contributed by atoms with Crippen LogP contribution < -0.4 is 15.4 Å². The first-order chi connectivity index (χ1) is 8.72. The summed E-state index contributed by atoms with van der Waals surface area (Å²) in [4.78, 5) is 15.0. The molecule has 0 radical (unpaired) electrons. The first-order valence-electron chi connectivity index (χ1n) is 5.55. The van der Waals surface area contributed by atoms with Crippen molar-refractivity contribution < 1.29 is 9.53 Å². The van der Waals surface area contributed by atoms with Crippen molar-refractivity contribution in [1.29, 1.82) is 0 Å². The molecule has 0 spiro atoms. The molecule has 0 fully saturated rings. The van der Waals surface area contributed by atoms with Crippen LogP contribution in [0.3, 0.4) is 0 Å². The molecule has 1 heterocycles. The summed E-state index contributed by atoms with van der Waals surface area (Å²) in [5.41, 5.74) is 0. The lowest BCUT2D eigenvalue weighted by atomic mass is 10.4. The molecule has 5 nitrogen and oxygen atoms in total. The Morgan fingerprint density at radius 3 is 3.06 bits per heavy atom. The molecule has 1 amide bonds. The van der Waals surface area contributed by atoms with Gasteiger partial charge in [-0.2, -0.15) is 0 Å². The van der Waals surface area contributed by atoms with Gasteiger partial charge in [-0.15, -0.1) is 0 Å². The number of carbonyl (C=O) groups excluding carboxylic acids is 1. The zero-order valence-electron chi connectivity index (χ0n) is 10.1. The number of carbonyl (C=O) groups is 1. The summed E-state index contributed by atoms with van der Waals surface area (Å²) in [7, 11) is 1.60. The summed E-state index contributed by atoms with van der Waals surface area (Å²) in [6, 6.07) is 3.79. The molecule has 1 aromatic rings. The molecule has 98 valence electrons. The van der Waals surface area contributed by atoms with Gasteiger partial charge in [0, 0.05) is 26.2 Å². The highest BCUT2D eigenvalue weighted by Crippen LogP contribution is 2.09. The summed E-state index contributed by atoms with van der Waals surface area (Å²) >= 11 is 2.15. The van der Waals surface area contributed by atoms with Crippen molar-refractivity contribution in [3.63, 3.8) is 0 Å². The lowest BCUT2D eigenvalue weighted by molar-refractivity contribution is -0.116. The maximum absolute atomic E-state index is 10.9. The van der Waals surface area contributed by atoms with Crippen LogP contribution >= 0.6 is 22.6 Å². The first kappa shape index (κ1) is 14.9. The Morgan fingerprint density at radius 2 is 2.39 bits per heavy atom. The Hall–Kier alpha value is -1.15. The number of hydrogen-bond donors (Lipinski definition) is 2. The highest BCUT2D eigenvalue weighted by molar-refractivity contribution is 14.1. The molecule has 0 aromatic carbocycles. The van der Waals surface area contributed by atoms with Gasteiger partial charge in [-0.1, -0.05) is 6.08 Å². The number of likely N-dealkylation sites (N-methyl/N-ethyl adjacent to an activating group) is 1. The van der Waals surface area contributed by atoms with E-state index in [0.717, 1.165) is 9.45 Å². The zero-order valence-corrected chi connectivity index (χ0v) is 12.3. The third kappa shape index (κ3) is 6.55. The third-order valence-corrected chi connectivity index (χ3v) is 2.66. The number of ether oxygens (including phenoxy) is 1. The second kappa shape index (κ2) is 8.87. The van der Waals surface area contributed by atoms with Gasteiger partial charge in [0.25, 0.3) is 0 Å². The zero-order chi connectivity index (χ0) is 13.2. The normalized spacial score (nSPS) is 10.6. The second-order valence-electron chi connectivity index (χ2n) is 3.39. The highest BCUT2D eigenvalue weighted by Gasteiger charge is 1.94. The molecule has 0 bridgehead atoms. The van der Waals surface area contributed by atoms with Crippen molar-refractivity contribution in [2.24, 2.45) is 0 Å². The van der Waals surface area contributed by atoms with Crippen LogP contribution in [-0.2, 0) is 4.79 Å². The van der Waals surface area contributed by atoms with Gasteiger partial charge in [-0.25, -0.2) is 4.98 Å². The molecule has 0 unspecified atom stereocenters. The minimum Gasteiger partial charge on any atom is -0.491 e. The molecule has 1 rings (SSSR count). The SMILES string of the molecule is CNC(=O)/C=C/CNCCOc1ccc(I)nc1. The van der Waals surface area contributed by atoms with E-state index in [2.05, 4.69) is 38.2 Å². The predicted molar refractivity (Wildman–Crippen MR) is 78.5 cm³/mol. The number of nitrogens with zero attached hydrogens (tertiary/aromatic N) is 1. The maximum atomic E-state index is 10.9. The van der Waals surface area contributed by atoms with Gasteiger partial charge in [0.05, 0.1) is 6.20 Å². The van der Waals surface area contributed by atoms with Crippen LogP contribution in [0.1, 0.15) is 0 Å². The number of amides is 1. The molecule has 0 aliphatic heterocycles. The van der Waals surface area contributed by atoms with E-state index in [-0.39, 0.29) is 5.91 Å². The van der Waals surface area contributed by atoms with Crippen molar-refractivity contribution in [2.45, 2.75) is 0 Å². The summed E-state index contributed by atoms with van der Waals surface area (Å²) in [6.45, 7) is 1.92. The standard InChI is InChI=1S/C12H16IN3O2/c1-14-12(17)3-2-6-15-7-8-18-10-4-5-11(13)16-9-10/h2-5,9,15H,6-8H2,1H3,(H,14,17)/b3-2+. The quantitative estimate of drug-likeness (QED) is 0.329. The fraction of sp³-hybridized carbons (Fsp3) is 0.333. The number of pyridine rings is 1. The van der Waals surface area contributed by atoms with E-state index in [4.69, 9.17) is 4.74 Å². The largest absolute Gasteiger partial charge is 0.491 e. The van der Waals surface area contributed by atoms with Gasteiger partial charge >= 0.3 is 0 Å². The Balaban J connectivity index is 2.07. The van der Waals surface area contributed by atoms with Crippen LogP contribution in [0.2, 0.25) is 0 Å². The van der Waals surface area contributed by atoms with Crippen LogP contribution in [0.25, 0.3) is 0 Å². The Morgan fingerprint density at radius 1 is 1.56 bits per heavy atom. The molecule has 18 heavy (non-hydrogen) atoms. The van der Waals surface area contributed by atoms with Crippen LogP contribution in [0, 0.1) is 3.70 Å². The van der Waals surface area contributed by atoms with Crippen LogP contribution in [0.4, 0.5) is 0 Å². The van der Waals surface area contributed by atoms with E-state index in [0.29, 0.717) is 19.7 Å². The Labute approximate surface area is 120 Å². The highest BCUT2D eigenvalue weighted by atomic mass is 127. The molecule has 0 aliphatic carbocycles. The minimum atomic E-state index is -0.0991. The van der Waals surface area contributed by atoms with Crippen molar-refractivity contribution in [1.82, 2.24) is 15.6 Å². The molecule has 0 atom stereocenters. The van der Waals surface area contributed by atoms with Gasteiger partial charge in [-0.3, -0.25) is 4.79 Å². The first-order valence-corrected chi connectivity index (χ1v) is 6.63. The predicted octanol–water partition coefficient (Wildman–Crippen LogP) is 0.957. The Kier molecular flexibility index (Phi) is 7.35. The average Bonchev–Trinajstić information content (AvgIpc) is 2.39. The number of nitrogens with one attached hydrogen (secondary N) is 2. The maximum Gasteiger partial charge on any atom is 0.243 e. The number of halogens is 1. The molecule has 2 N–H and O–H groups in total. The molecule has 0 saturated carbocycles. The molecular weight excluding hydrogens is 345 g/mol. The van der Waals surface area contributed by atoms with Crippen molar-refractivity contribution in [3.05, 3.63) is 34.2 Å². The minimum absolute atomic E-state index is 0.0991. The van der Waals surface area contributed by atoms with E-state index in [1.54, 1.807) is 19.3 Å². The molecule has 0 aliphatic rings. The number of rotatable bonds is 7. The van der Waals surface area contributed by atoms with Gasteiger partial charge in [-0.05, 0) is 34.7 Å². The average molecular weight is 361 g/mol. The summed E-state index contributed by atoms with van der Waals surface area (Å²) < 4.78 is 6.42. The van der Waals surface area contributed by atoms with E-state index in [1.165, 1.54) is 6.08 Å². The molecule has 1 aromatic heterocycles. The molecule has 6 heteroatoms. The summed E-state index contributed by atoms with van der Waals surface area (Å²) in [6.07, 6.45) is 4.97. The van der Waals surface area contributed by atoms with Crippen LogP contribution in [-0.4, -0.2) is 37.6 Å². The fourth-order valence-electron chi connectivity index (χ4n) is 1.12. The van der Waals surface area contributed by atoms with E-state index in [1.807, 2.05) is 12.1 Å². The van der Waals surface area contributed by atoms with Crippen molar-refractivity contribution in [3.8, 4) is 5.75 Å². The second-order valence-corrected chi connectivity index (χ2v) is 4.49. The van der Waals surface area contributed by atoms with Crippen molar-refractivity contribution >= 4 is 28.5 Å². The van der Waals surface area contributed by atoms with E-state index < -0.39 is 0 Å². The van der Waals surface area contributed by atoms with Gasteiger partial charge in [0.2, 0.25) is 5.91 Å². The monoisotopic (exact) mass is 361 g/mol.